The van der Waals surface area contributed by atoms with E-state index in [1.165, 1.54) is 12.1 Å². The fraction of sp³-hybridized carbons (Fsp3) is 0. The average molecular weight is 255 g/mol. The van der Waals surface area contributed by atoms with Gasteiger partial charge in [-0.25, -0.2) is 4.98 Å². The summed E-state index contributed by atoms with van der Waals surface area (Å²) in [4.78, 5) is 14.4. The maximum atomic E-state index is 10.6. The van der Waals surface area contributed by atoms with Gasteiger partial charge in [-0.15, -0.1) is 0 Å². The predicted molar refractivity (Wildman–Crippen MR) is 47.1 cm³/mol. The summed E-state index contributed by atoms with van der Waals surface area (Å²) in [6.45, 7) is 0. The molecule has 0 unspecified atom stereocenters. The summed E-state index contributed by atoms with van der Waals surface area (Å²) in [6, 6.07) is 2.91. The highest BCUT2D eigenvalue weighted by molar-refractivity contribution is 9.10. The van der Waals surface area contributed by atoms with Crippen LogP contribution in [0, 0.1) is 0 Å². The standard InChI is InChI=1S/C6H2BrCl2NO/c7-4-1-3(6(9)11)2-5(8)10-4/h1-2H. The Bertz CT molecular complexity index is 282. The normalized spacial score (nSPS) is 9.73. The molecule has 1 aromatic heterocycles. The van der Waals surface area contributed by atoms with Gasteiger partial charge in [0.15, 0.2) is 0 Å². The molecule has 0 bridgehead atoms. The van der Waals surface area contributed by atoms with E-state index in [-0.39, 0.29) is 5.15 Å². The van der Waals surface area contributed by atoms with Crippen molar-refractivity contribution >= 4 is 44.4 Å². The van der Waals surface area contributed by atoms with E-state index < -0.39 is 5.24 Å². The predicted octanol–water partition coefficient (Wildman–Crippen LogP) is 2.88. The summed E-state index contributed by atoms with van der Waals surface area (Å²) >= 11 is 13.8. The molecule has 58 valence electrons. The molecule has 0 amide bonds. The van der Waals surface area contributed by atoms with E-state index in [1.807, 2.05) is 0 Å². The molecular formula is C6H2BrCl2NO. The first-order chi connectivity index (χ1) is 5.09. The highest BCUT2D eigenvalue weighted by Crippen LogP contribution is 2.16. The van der Waals surface area contributed by atoms with Gasteiger partial charge in [0.25, 0.3) is 5.24 Å². The minimum absolute atomic E-state index is 0.239. The summed E-state index contributed by atoms with van der Waals surface area (Å²) in [6.07, 6.45) is 0. The second-order valence-electron chi connectivity index (χ2n) is 1.77. The van der Waals surface area contributed by atoms with E-state index >= 15 is 0 Å². The second kappa shape index (κ2) is 3.52. The Labute approximate surface area is 81.7 Å². The fourth-order valence-electron chi connectivity index (χ4n) is 0.578. The fourth-order valence-corrected chi connectivity index (χ4v) is 1.44. The van der Waals surface area contributed by atoms with Gasteiger partial charge in [-0.2, -0.15) is 0 Å². The zero-order valence-corrected chi connectivity index (χ0v) is 8.24. The quantitative estimate of drug-likeness (QED) is 0.570. The lowest BCUT2D eigenvalue weighted by Gasteiger charge is -1.95. The topological polar surface area (TPSA) is 30.0 Å². The number of hydrogen-bond acceptors (Lipinski definition) is 2. The number of aromatic nitrogens is 1. The third-order valence-electron chi connectivity index (χ3n) is 0.990. The number of nitrogens with zero attached hydrogens (tertiary/aromatic N) is 1. The summed E-state index contributed by atoms with van der Waals surface area (Å²) in [5, 5.41) is -0.307. The maximum absolute atomic E-state index is 10.6. The Hall–Kier alpha value is -0.120. The number of hydrogen-bond donors (Lipinski definition) is 0. The molecule has 0 saturated heterocycles. The molecule has 0 aliphatic rings. The van der Waals surface area contributed by atoms with Crippen LogP contribution in [0.5, 0.6) is 0 Å². The zero-order chi connectivity index (χ0) is 8.43. The van der Waals surface area contributed by atoms with Crippen LogP contribution in [0.3, 0.4) is 0 Å². The molecule has 1 heterocycles. The Balaban J connectivity index is 3.19. The van der Waals surface area contributed by atoms with E-state index in [9.17, 15) is 4.79 Å². The van der Waals surface area contributed by atoms with Crippen LogP contribution in [0.25, 0.3) is 0 Å². The molecule has 11 heavy (non-hydrogen) atoms. The van der Waals surface area contributed by atoms with Crippen LogP contribution in [-0.2, 0) is 0 Å². The number of carbonyl (C=O) groups is 1. The molecule has 1 rings (SSSR count). The van der Waals surface area contributed by atoms with Crippen LogP contribution in [0.15, 0.2) is 16.7 Å². The lowest BCUT2D eigenvalue weighted by molar-refractivity contribution is 0.108. The molecule has 0 saturated carbocycles. The molecule has 0 fully saturated rings. The molecule has 0 spiro atoms. The van der Waals surface area contributed by atoms with E-state index in [2.05, 4.69) is 20.9 Å². The van der Waals surface area contributed by atoms with Gasteiger partial charge in [0.2, 0.25) is 0 Å². The Morgan fingerprint density at radius 3 is 2.64 bits per heavy atom. The molecule has 2 nitrogen and oxygen atoms in total. The molecule has 1 aromatic rings. The monoisotopic (exact) mass is 253 g/mol. The van der Waals surface area contributed by atoms with Gasteiger partial charge in [0.1, 0.15) is 9.76 Å². The highest BCUT2D eigenvalue weighted by atomic mass is 79.9. The molecule has 0 N–H and O–H groups in total. The van der Waals surface area contributed by atoms with Gasteiger partial charge in [-0.3, -0.25) is 4.79 Å². The van der Waals surface area contributed by atoms with Crippen molar-refractivity contribution in [2.45, 2.75) is 0 Å². The minimum Gasteiger partial charge on any atom is -0.276 e. The number of halogens is 3. The molecule has 0 atom stereocenters. The second-order valence-corrected chi connectivity index (χ2v) is 3.32. The van der Waals surface area contributed by atoms with Gasteiger partial charge in [-0.1, -0.05) is 11.6 Å². The number of carbonyl (C=O) groups excluding carboxylic acids is 1. The average Bonchev–Trinajstić information content (AvgIpc) is 1.85. The SMILES string of the molecule is O=C(Cl)c1cc(Cl)nc(Br)c1. The van der Waals surface area contributed by atoms with Gasteiger partial charge in [0, 0.05) is 5.56 Å². The zero-order valence-electron chi connectivity index (χ0n) is 5.14. The lowest BCUT2D eigenvalue weighted by Crippen LogP contribution is -1.90. The number of rotatable bonds is 1. The summed E-state index contributed by atoms with van der Waals surface area (Å²) in [5.41, 5.74) is 0.332. The van der Waals surface area contributed by atoms with Crippen molar-refractivity contribution in [1.29, 1.82) is 0 Å². The summed E-state index contributed by atoms with van der Waals surface area (Å²) in [5.74, 6) is 0. The molecule has 0 aromatic carbocycles. The maximum Gasteiger partial charge on any atom is 0.252 e. The van der Waals surface area contributed by atoms with Crippen molar-refractivity contribution in [2.75, 3.05) is 0 Å². The molecule has 0 aliphatic heterocycles. The highest BCUT2D eigenvalue weighted by Gasteiger charge is 2.04. The van der Waals surface area contributed by atoms with Gasteiger partial charge in [0.05, 0.1) is 0 Å². The van der Waals surface area contributed by atoms with Crippen molar-refractivity contribution in [3.05, 3.63) is 27.5 Å². The minimum atomic E-state index is -0.546. The smallest absolute Gasteiger partial charge is 0.252 e. The van der Waals surface area contributed by atoms with Crippen LogP contribution < -0.4 is 0 Å². The van der Waals surface area contributed by atoms with Crippen LogP contribution in [0.2, 0.25) is 5.15 Å². The Morgan fingerprint density at radius 2 is 2.18 bits per heavy atom. The third-order valence-corrected chi connectivity index (χ3v) is 1.81. The molecule has 0 aliphatic carbocycles. The van der Waals surface area contributed by atoms with Crippen molar-refractivity contribution in [2.24, 2.45) is 0 Å². The first-order valence-corrected chi connectivity index (χ1v) is 4.17. The van der Waals surface area contributed by atoms with Crippen molar-refractivity contribution < 1.29 is 4.79 Å². The largest absolute Gasteiger partial charge is 0.276 e. The van der Waals surface area contributed by atoms with E-state index in [4.69, 9.17) is 23.2 Å². The van der Waals surface area contributed by atoms with Crippen LogP contribution >= 0.6 is 39.1 Å². The molecular weight excluding hydrogens is 253 g/mol. The van der Waals surface area contributed by atoms with Crippen LogP contribution in [0.4, 0.5) is 0 Å². The van der Waals surface area contributed by atoms with Crippen LogP contribution in [0.1, 0.15) is 10.4 Å². The summed E-state index contributed by atoms with van der Waals surface area (Å²) < 4.78 is 0.494. The van der Waals surface area contributed by atoms with Crippen LogP contribution in [-0.4, -0.2) is 10.2 Å². The van der Waals surface area contributed by atoms with Gasteiger partial charge < -0.3 is 0 Å². The van der Waals surface area contributed by atoms with E-state index in [1.54, 1.807) is 0 Å². The van der Waals surface area contributed by atoms with Gasteiger partial charge >= 0.3 is 0 Å². The van der Waals surface area contributed by atoms with E-state index in [0.717, 1.165) is 0 Å². The van der Waals surface area contributed by atoms with Crippen molar-refractivity contribution in [1.82, 2.24) is 4.98 Å². The summed E-state index contributed by atoms with van der Waals surface area (Å²) in [7, 11) is 0. The number of pyridine rings is 1. The lowest BCUT2D eigenvalue weighted by atomic mass is 10.3. The van der Waals surface area contributed by atoms with Gasteiger partial charge in [-0.05, 0) is 39.7 Å². The Kier molecular flexibility index (Phi) is 2.87. The first kappa shape index (κ1) is 8.97. The van der Waals surface area contributed by atoms with Crippen molar-refractivity contribution in [3.63, 3.8) is 0 Å². The Morgan fingerprint density at radius 1 is 1.55 bits per heavy atom. The third kappa shape index (κ3) is 2.43. The van der Waals surface area contributed by atoms with E-state index in [0.29, 0.717) is 10.2 Å². The molecule has 0 radical (unpaired) electrons. The van der Waals surface area contributed by atoms with Crippen molar-refractivity contribution in [3.8, 4) is 0 Å². The molecule has 5 heteroatoms. The first-order valence-electron chi connectivity index (χ1n) is 2.62.